The van der Waals surface area contributed by atoms with E-state index in [0.29, 0.717) is 12.4 Å². The summed E-state index contributed by atoms with van der Waals surface area (Å²) in [4.78, 5) is 4.12. The van der Waals surface area contributed by atoms with Gasteiger partial charge in [-0.1, -0.05) is 0 Å². The van der Waals surface area contributed by atoms with Gasteiger partial charge in [0.15, 0.2) is 5.82 Å². The highest BCUT2D eigenvalue weighted by Crippen LogP contribution is 2.08. The van der Waals surface area contributed by atoms with Crippen molar-refractivity contribution in [3.8, 4) is 0 Å². The predicted molar refractivity (Wildman–Crippen MR) is 45.7 cm³/mol. The Labute approximate surface area is 72.4 Å². The molecule has 0 aliphatic heterocycles. The minimum atomic E-state index is -0.130. The van der Waals surface area contributed by atoms with E-state index in [4.69, 9.17) is 4.74 Å². The molecule has 0 spiro atoms. The van der Waals surface area contributed by atoms with Crippen molar-refractivity contribution < 1.29 is 4.74 Å². The van der Waals surface area contributed by atoms with Gasteiger partial charge >= 0.3 is 0 Å². The second-order valence-electron chi connectivity index (χ2n) is 3.74. The SMILES string of the molecule is Cc1nc(COC(C)(C)C)n[nH]1. The van der Waals surface area contributed by atoms with Crippen LogP contribution in [0.25, 0.3) is 0 Å². The fraction of sp³-hybridized carbons (Fsp3) is 0.750. The molecule has 1 rings (SSSR count). The molecule has 0 aliphatic rings. The van der Waals surface area contributed by atoms with Gasteiger partial charge in [-0.3, -0.25) is 5.10 Å². The van der Waals surface area contributed by atoms with Crippen LogP contribution in [0.4, 0.5) is 0 Å². The third-order valence-corrected chi connectivity index (χ3v) is 1.28. The molecular weight excluding hydrogens is 154 g/mol. The van der Waals surface area contributed by atoms with Crippen LogP contribution >= 0.6 is 0 Å². The maximum absolute atomic E-state index is 5.48. The molecule has 4 nitrogen and oxygen atoms in total. The van der Waals surface area contributed by atoms with Crippen LogP contribution < -0.4 is 0 Å². The Morgan fingerprint density at radius 1 is 1.42 bits per heavy atom. The van der Waals surface area contributed by atoms with Crippen molar-refractivity contribution in [2.24, 2.45) is 0 Å². The minimum Gasteiger partial charge on any atom is -0.368 e. The van der Waals surface area contributed by atoms with Gasteiger partial charge in [0, 0.05) is 0 Å². The Morgan fingerprint density at radius 3 is 2.50 bits per heavy atom. The fourth-order valence-corrected chi connectivity index (χ4v) is 0.735. The number of hydrogen-bond acceptors (Lipinski definition) is 3. The number of aromatic nitrogens is 3. The summed E-state index contributed by atoms with van der Waals surface area (Å²) in [6.07, 6.45) is 0. The molecule has 0 fully saturated rings. The van der Waals surface area contributed by atoms with E-state index in [1.165, 1.54) is 0 Å². The van der Waals surface area contributed by atoms with E-state index in [2.05, 4.69) is 15.2 Å². The number of nitrogens with one attached hydrogen (secondary N) is 1. The number of nitrogens with zero attached hydrogens (tertiary/aromatic N) is 2. The quantitative estimate of drug-likeness (QED) is 0.728. The van der Waals surface area contributed by atoms with Crippen molar-refractivity contribution in [2.45, 2.75) is 39.9 Å². The molecule has 0 aromatic carbocycles. The molecule has 0 bridgehead atoms. The molecule has 68 valence electrons. The number of hydrogen-bond donors (Lipinski definition) is 1. The minimum absolute atomic E-state index is 0.130. The Morgan fingerprint density at radius 2 is 2.08 bits per heavy atom. The molecule has 0 aliphatic carbocycles. The lowest BCUT2D eigenvalue weighted by molar-refractivity contribution is -0.0180. The molecule has 0 radical (unpaired) electrons. The molecule has 0 saturated carbocycles. The molecule has 0 amide bonds. The molecular formula is C8H15N3O. The van der Waals surface area contributed by atoms with Crippen molar-refractivity contribution in [1.29, 1.82) is 0 Å². The molecule has 0 atom stereocenters. The molecule has 12 heavy (non-hydrogen) atoms. The van der Waals surface area contributed by atoms with Crippen LogP contribution in [0.2, 0.25) is 0 Å². The number of ether oxygens (including phenoxy) is 1. The molecule has 4 heteroatoms. The molecule has 1 heterocycles. The lowest BCUT2D eigenvalue weighted by Crippen LogP contribution is -2.19. The summed E-state index contributed by atoms with van der Waals surface area (Å²) in [6, 6.07) is 0. The van der Waals surface area contributed by atoms with E-state index in [-0.39, 0.29) is 5.60 Å². The summed E-state index contributed by atoms with van der Waals surface area (Å²) < 4.78 is 5.48. The van der Waals surface area contributed by atoms with Gasteiger partial charge in [0.1, 0.15) is 12.4 Å². The van der Waals surface area contributed by atoms with Gasteiger partial charge in [0.2, 0.25) is 0 Å². The molecule has 0 saturated heterocycles. The van der Waals surface area contributed by atoms with Gasteiger partial charge in [0.25, 0.3) is 0 Å². The van der Waals surface area contributed by atoms with Crippen molar-refractivity contribution in [2.75, 3.05) is 0 Å². The van der Waals surface area contributed by atoms with E-state index in [9.17, 15) is 0 Å². The zero-order valence-corrected chi connectivity index (χ0v) is 8.01. The maximum Gasteiger partial charge on any atom is 0.176 e. The van der Waals surface area contributed by atoms with Crippen molar-refractivity contribution in [1.82, 2.24) is 15.2 Å². The van der Waals surface area contributed by atoms with E-state index in [1.807, 2.05) is 27.7 Å². The summed E-state index contributed by atoms with van der Waals surface area (Å²) in [5.41, 5.74) is -0.130. The Kier molecular flexibility index (Phi) is 2.47. The highest BCUT2D eigenvalue weighted by molar-refractivity contribution is 4.85. The van der Waals surface area contributed by atoms with Crippen LogP contribution in [-0.2, 0) is 11.3 Å². The summed E-state index contributed by atoms with van der Waals surface area (Å²) >= 11 is 0. The maximum atomic E-state index is 5.48. The van der Waals surface area contributed by atoms with Crippen LogP contribution in [0.5, 0.6) is 0 Å². The summed E-state index contributed by atoms with van der Waals surface area (Å²) in [5.74, 6) is 1.53. The molecule has 1 aromatic rings. The monoisotopic (exact) mass is 169 g/mol. The van der Waals surface area contributed by atoms with Crippen LogP contribution in [-0.4, -0.2) is 20.8 Å². The van der Waals surface area contributed by atoms with E-state index in [1.54, 1.807) is 0 Å². The van der Waals surface area contributed by atoms with Crippen LogP contribution in [0.3, 0.4) is 0 Å². The zero-order chi connectivity index (χ0) is 9.19. The Hall–Kier alpha value is -0.900. The Bertz CT molecular complexity index is 249. The molecule has 1 N–H and O–H groups in total. The van der Waals surface area contributed by atoms with Crippen LogP contribution in [0.1, 0.15) is 32.4 Å². The number of aryl methyl sites for hydroxylation is 1. The zero-order valence-electron chi connectivity index (χ0n) is 8.01. The van der Waals surface area contributed by atoms with Crippen molar-refractivity contribution in [3.05, 3.63) is 11.6 Å². The van der Waals surface area contributed by atoms with Gasteiger partial charge < -0.3 is 4.74 Å². The normalized spacial score (nSPS) is 12.0. The summed E-state index contributed by atoms with van der Waals surface area (Å²) in [6.45, 7) is 8.35. The van der Waals surface area contributed by atoms with E-state index < -0.39 is 0 Å². The van der Waals surface area contributed by atoms with E-state index in [0.717, 1.165) is 5.82 Å². The lowest BCUT2D eigenvalue weighted by atomic mass is 10.2. The largest absolute Gasteiger partial charge is 0.368 e. The third kappa shape index (κ3) is 3.00. The molecule has 0 unspecified atom stereocenters. The average Bonchev–Trinajstić information content (AvgIpc) is 2.30. The van der Waals surface area contributed by atoms with Crippen molar-refractivity contribution >= 4 is 0 Å². The first-order valence-electron chi connectivity index (χ1n) is 3.99. The van der Waals surface area contributed by atoms with Crippen molar-refractivity contribution in [3.63, 3.8) is 0 Å². The summed E-state index contributed by atoms with van der Waals surface area (Å²) in [5, 5.41) is 6.72. The number of H-pyrrole nitrogens is 1. The lowest BCUT2D eigenvalue weighted by Gasteiger charge is -2.17. The van der Waals surface area contributed by atoms with Crippen LogP contribution in [0.15, 0.2) is 0 Å². The average molecular weight is 169 g/mol. The van der Waals surface area contributed by atoms with Crippen LogP contribution in [0, 0.1) is 6.92 Å². The predicted octanol–water partition coefficient (Wildman–Crippen LogP) is 1.43. The smallest absolute Gasteiger partial charge is 0.176 e. The highest BCUT2D eigenvalue weighted by Gasteiger charge is 2.11. The van der Waals surface area contributed by atoms with Gasteiger partial charge in [-0.15, -0.1) is 0 Å². The Balaban J connectivity index is 2.44. The van der Waals surface area contributed by atoms with Gasteiger partial charge in [-0.2, -0.15) is 5.10 Å². The number of rotatable bonds is 2. The second kappa shape index (κ2) is 3.23. The van der Waals surface area contributed by atoms with E-state index >= 15 is 0 Å². The van der Waals surface area contributed by atoms with Gasteiger partial charge in [0.05, 0.1) is 5.60 Å². The number of aromatic amines is 1. The fourth-order valence-electron chi connectivity index (χ4n) is 0.735. The molecule has 1 aromatic heterocycles. The standard InChI is InChI=1S/C8H15N3O/c1-6-9-7(11-10-6)5-12-8(2,3)4/h5H2,1-4H3,(H,9,10,11). The third-order valence-electron chi connectivity index (χ3n) is 1.28. The highest BCUT2D eigenvalue weighted by atomic mass is 16.5. The summed E-state index contributed by atoms with van der Waals surface area (Å²) in [7, 11) is 0. The first-order valence-corrected chi connectivity index (χ1v) is 3.99. The van der Waals surface area contributed by atoms with Gasteiger partial charge in [-0.25, -0.2) is 4.98 Å². The first-order chi connectivity index (χ1) is 5.47. The first kappa shape index (κ1) is 9.19. The topological polar surface area (TPSA) is 50.8 Å². The van der Waals surface area contributed by atoms with Gasteiger partial charge in [-0.05, 0) is 27.7 Å². The second-order valence-corrected chi connectivity index (χ2v) is 3.74.